The van der Waals surface area contributed by atoms with Crippen molar-refractivity contribution in [3.8, 4) is 0 Å². The Kier molecular flexibility index (Phi) is 3.49. The van der Waals surface area contributed by atoms with Crippen molar-refractivity contribution in [2.24, 2.45) is 0 Å². The first kappa shape index (κ1) is 11.7. The summed E-state index contributed by atoms with van der Waals surface area (Å²) in [7, 11) is 1.84. The van der Waals surface area contributed by atoms with Crippen molar-refractivity contribution in [3.63, 3.8) is 0 Å². The first-order valence-electron chi connectivity index (χ1n) is 5.30. The van der Waals surface area contributed by atoms with Gasteiger partial charge in [0.2, 0.25) is 0 Å². The number of benzene rings is 1. The van der Waals surface area contributed by atoms with Gasteiger partial charge in [-0.15, -0.1) is 0 Å². The number of halogens is 2. The molecule has 0 saturated carbocycles. The molecule has 0 saturated heterocycles. The summed E-state index contributed by atoms with van der Waals surface area (Å²) in [5, 5.41) is 7.28. The van der Waals surface area contributed by atoms with Gasteiger partial charge in [-0.3, -0.25) is 4.68 Å². The number of aromatic nitrogens is 2. The van der Waals surface area contributed by atoms with E-state index >= 15 is 0 Å². The lowest BCUT2D eigenvalue weighted by atomic mass is 10.2. The van der Waals surface area contributed by atoms with E-state index in [0.29, 0.717) is 18.7 Å². The fourth-order valence-electron chi connectivity index (χ4n) is 1.59. The highest BCUT2D eigenvalue weighted by atomic mass is 19.2. The van der Waals surface area contributed by atoms with E-state index in [9.17, 15) is 8.78 Å². The molecule has 1 aromatic carbocycles. The third-order valence-corrected chi connectivity index (χ3v) is 2.38. The average Bonchev–Trinajstić information content (AvgIpc) is 2.72. The summed E-state index contributed by atoms with van der Waals surface area (Å²) < 4.78 is 27.4. The summed E-state index contributed by atoms with van der Waals surface area (Å²) >= 11 is 0. The van der Waals surface area contributed by atoms with Crippen LogP contribution in [-0.4, -0.2) is 16.8 Å². The molecule has 2 rings (SSSR count). The van der Waals surface area contributed by atoms with E-state index in [-0.39, 0.29) is 0 Å². The van der Waals surface area contributed by atoms with Crippen LogP contribution in [-0.2, 0) is 13.1 Å². The molecule has 0 radical (unpaired) electrons. The van der Waals surface area contributed by atoms with Crippen molar-refractivity contribution < 1.29 is 8.78 Å². The zero-order chi connectivity index (χ0) is 12.3. The van der Waals surface area contributed by atoms with Gasteiger partial charge in [0, 0.05) is 12.7 Å². The molecule has 1 N–H and O–H groups in total. The second kappa shape index (κ2) is 5.05. The molecular formula is C12H13F2N3. The Morgan fingerprint density at radius 3 is 2.76 bits per heavy atom. The third kappa shape index (κ3) is 2.88. The quantitative estimate of drug-likeness (QED) is 0.880. The van der Waals surface area contributed by atoms with Gasteiger partial charge in [-0.25, -0.2) is 8.78 Å². The highest BCUT2D eigenvalue weighted by Gasteiger charge is 2.04. The van der Waals surface area contributed by atoms with Crippen molar-refractivity contribution in [1.29, 1.82) is 0 Å². The summed E-state index contributed by atoms with van der Waals surface area (Å²) in [4.78, 5) is 0. The molecule has 0 atom stereocenters. The van der Waals surface area contributed by atoms with E-state index < -0.39 is 11.6 Å². The number of rotatable bonds is 4. The van der Waals surface area contributed by atoms with Crippen LogP contribution in [0.25, 0.3) is 0 Å². The summed E-state index contributed by atoms with van der Waals surface area (Å²) in [6.07, 6.45) is 1.81. The van der Waals surface area contributed by atoms with Crippen LogP contribution >= 0.6 is 0 Å². The zero-order valence-corrected chi connectivity index (χ0v) is 9.45. The fraction of sp³-hybridized carbons (Fsp3) is 0.250. The van der Waals surface area contributed by atoms with Crippen LogP contribution in [0.5, 0.6) is 0 Å². The molecule has 0 unspecified atom stereocenters. The van der Waals surface area contributed by atoms with Gasteiger partial charge in [0.1, 0.15) is 0 Å². The SMILES string of the molecule is CNCc1ccn(Cc2ccc(F)c(F)c2)n1. The molecule has 0 fully saturated rings. The third-order valence-electron chi connectivity index (χ3n) is 2.38. The minimum Gasteiger partial charge on any atom is -0.314 e. The van der Waals surface area contributed by atoms with Crippen molar-refractivity contribution in [2.75, 3.05) is 7.05 Å². The summed E-state index contributed by atoms with van der Waals surface area (Å²) in [5.41, 5.74) is 1.60. The van der Waals surface area contributed by atoms with Gasteiger partial charge in [0.05, 0.1) is 12.2 Å². The molecule has 0 aliphatic carbocycles. The van der Waals surface area contributed by atoms with Gasteiger partial charge in [-0.1, -0.05) is 6.07 Å². The fourth-order valence-corrected chi connectivity index (χ4v) is 1.59. The second-order valence-corrected chi connectivity index (χ2v) is 3.78. The molecule has 3 nitrogen and oxygen atoms in total. The maximum Gasteiger partial charge on any atom is 0.159 e. The molecule has 90 valence electrons. The van der Waals surface area contributed by atoms with Crippen LogP contribution in [0.1, 0.15) is 11.3 Å². The molecule has 2 aromatic rings. The Balaban J connectivity index is 2.11. The predicted molar refractivity (Wildman–Crippen MR) is 60.5 cm³/mol. The number of hydrogen-bond donors (Lipinski definition) is 1. The Morgan fingerprint density at radius 1 is 1.24 bits per heavy atom. The van der Waals surface area contributed by atoms with Crippen LogP contribution in [0, 0.1) is 11.6 Å². The molecule has 0 amide bonds. The van der Waals surface area contributed by atoms with Crippen LogP contribution < -0.4 is 5.32 Å². The Labute approximate surface area is 98.1 Å². The van der Waals surface area contributed by atoms with E-state index in [1.54, 1.807) is 10.7 Å². The Hall–Kier alpha value is -1.75. The largest absolute Gasteiger partial charge is 0.314 e. The summed E-state index contributed by atoms with van der Waals surface area (Å²) in [5.74, 6) is -1.66. The van der Waals surface area contributed by atoms with E-state index in [1.807, 2.05) is 19.3 Å². The first-order chi connectivity index (χ1) is 8.19. The Bertz CT molecular complexity index is 508. The lowest BCUT2D eigenvalue weighted by Gasteiger charge is -2.02. The van der Waals surface area contributed by atoms with Crippen molar-refractivity contribution >= 4 is 0 Å². The van der Waals surface area contributed by atoms with Crippen LogP contribution in [0.3, 0.4) is 0 Å². The predicted octanol–water partition coefficient (Wildman–Crippen LogP) is 1.93. The molecule has 0 spiro atoms. The number of nitrogens with one attached hydrogen (secondary N) is 1. The van der Waals surface area contributed by atoms with Crippen molar-refractivity contribution in [1.82, 2.24) is 15.1 Å². The number of nitrogens with zero attached hydrogens (tertiary/aromatic N) is 2. The van der Waals surface area contributed by atoms with Crippen LogP contribution in [0.15, 0.2) is 30.5 Å². The highest BCUT2D eigenvalue weighted by Crippen LogP contribution is 2.10. The highest BCUT2D eigenvalue weighted by molar-refractivity contribution is 5.18. The standard InChI is InChI=1S/C12H13F2N3/c1-15-7-10-4-5-17(16-10)8-9-2-3-11(13)12(14)6-9/h2-6,15H,7-8H2,1H3. The molecule has 0 aliphatic rings. The monoisotopic (exact) mass is 237 g/mol. The maximum atomic E-state index is 13.0. The molecule has 1 aromatic heterocycles. The molecule has 17 heavy (non-hydrogen) atoms. The average molecular weight is 237 g/mol. The lowest BCUT2D eigenvalue weighted by Crippen LogP contribution is -2.07. The van der Waals surface area contributed by atoms with E-state index in [0.717, 1.165) is 11.8 Å². The first-order valence-corrected chi connectivity index (χ1v) is 5.30. The van der Waals surface area contributed by atoms with Crippen LogP contribution in [0.4, 0.5) is 8.78 Å². The van der Waals surface area contributed by atoms with Gasteiger partial charge in [0.15, 0.2) is 11.6 Å². The lowest BCUT2D eigenvalue weighted by molar-refractivity contribution is 0.505. The summed E-state index contributed by atoms with van der Waals surface area (Å²) in [6, 6.07) is 5.76. The normalized spacial score (nSPS) is 10.8. The van der Waals surface area contributed by atoms with E-state index in [2.05, 4.69) is 10.4 Å². The van der Waals surface area contributed by atoms with Gasteiger partial charge >= 0.3 is 0 Å². The van der Waals surface area contributed by atoms with E-state index in [4.69, 9.17) is 0 Å². The molecular weight excluding hydrogens is 224 g/mol. The molecule has 0 bridgehead atoms. The second-order valence-electron chi connectivity index (χ2n) is 3.78. The van der Waals surface area contributed by atoms with Gasteiger partial charge in [0.25, 0.3) is 0 Å². The summed E-state index contributed by atoms with van der Waals surface area (Å²) in [6.45, 7) is 1.12. The minimum atomic E-state index is -0.829. The smallest absolute Gasteiger partial charge is 0.159 e. The van der Waals surface area contributed by atoms with E-state index in [1.165, 1.54) is 6.07 Å². The maximum absolute atomic E-state index is 13.0. The van der Waals surface area contributed by atoms with Crippen LogP contribution in [0.2, 0.25) is 0 Å². The van der Waals surface area contributed by atoms with Gasteiger partial charge in [-0.05, 0) is 30.8 Å². The molecule has 1 heterocycles. The Morgan fingerprint density at radius 2 is 2.06 bits per heavy atom. The van der Waals surface area contributed by atoms with Gasteiger partial charge in [-0.2, -0.15) is 5.10 Å². The molecule has 5 heteroatoms. The zero-order valence-electron chi connectivity index (χ0n) is 9.45. The van der Waals surface area contributed by atoms with Crippen molar-refractivity contribution in [3.05, 3.63) is 53.4 Å². The minimum absolute atomic E-state index is 0.431. The van der Waals surface area contributed by atoms with Gasteiger partial charge < -0.3 is 5.32 Å². The van der Waals surface area contributed by atoms with Crippen molar-refractivity contribution in [2.45, 2.75) is 13.1 Å². The molecule has 0 aliphatic heterocycles. The topological polar surface area (TPSA) is 29.9 Å². The number of hydrogen-bond acceptors (Lipinski definition) is 2.